The molecule has 1 fully saturated rings. The Balaban J connectivity index is 2.12. The summed E-state index contributed by atoms with van der Waals surface area (Å²) in [5.74, 6) is -0.471. The molecule has 1 aliphatic rings. The Morgan fingerprint density at radius 1 is 1.36 bits per heavy atom. The van der Waals surface area contributed by atoms with Crippen LogP contribution in [0.25, 0.3) is 11.0 Å². The highest BCUT2D eigenvalue weighted by atomic mass is 32.1. The smallest absolute Gasteiger partial charge is 0.141 e. The second kappa shape index (κ2) is 5.64. The van der Waals surface area contributed by atoms with E-state index in [2.05, 4.69) is 9.97 Å². The number of rotatable bonds is 2. The number of aliphatic hydroxyl groups is 3. The van der Waals surface area contributed by atoms with E-state index in [1.54, 1.807) is 6.92 Å². The number of aliphatic hydroxyl groups excluding tert-OH is 3. The van der Waals surface area contributed by atoms with Gasteiger partial charge in [0.1, 0.15) is 40.5 Å². The molecular weight excluding hydrogens is 311 g/mol. The molecule has 4 N–H and O–H groups in total. The lowest BCUT2D eigenvalue weighted by atomic mass is 10.0. The van der Waals surface area contributed by atoms with Gasteiger partial charge in [0.05, 0.1) is 12.0 Å². The van der Waals surface area contributed by atoms with E-state index in [9.17, 15) is 14.6 Å². The van der Waals surface area contributed by atoms with Gasteiger partial charge in [-0.05, 0) is 19.1 Å². The third-order valence-corrected chi connectivity index (χ3v) is 4.12. The van der Waals surface area contributed by atoms with Crippen LogP contribution in [0.5, 0.6) is 0 Å². The van der Waals surface area contributed by atoms with Crippen molar-refractivity contribution < 1.29 is 24.4 Å². The van der Waals surface area contributed by atoms with Crippen LogP contribution in [0, 0.1) is 17.4 Å². The molecule has 118 valence electrons. The van der Waals surface area contributed by atoms with Crippen LogP contribution in [-0.4, -0.2) is 50.2 Å². The van der Waals surface area contributed by atoms with Crippen molar-refractivity contribution in [1.29, 1.82) is 0 Å². The Morgan fingerprint density at radius 2 is 2.09 bits per heavy atom. The predicted octanol–water partition coefficient (Wildman–Crippen LogP) is 0.894. The maximum absolute atomic E-state index is 14.1. The number of halogens is 1. The molecule has 0 aromatic carbocycles. The number of H-pyrrole nitrogens is 1. The lowest BCUT2D eigenvalue weighted by Gasteiger charge is -2.16. The fourth-order valence-corrected chi connectivity index (χ4v) is 2.92. The second-order valence-electron chi connectivity index (χ2n) is 5.32. The van der Waals surface area contributed by atoms with E-state index in [-0.39, 0.29) is 10.0 Å². The highest BCUT2D eigenvalue weighted by Crippen LogP contribution is 2.35. The van der Waals surface area contributed by atoms with Crippen LogP contribution < -0.4 is 0 Å². The summed E-state index contributed by atoms with van der Waals surface area (Å²) in [5, 5.41) is 29.2. The van der Waals surface area contributed by atoms with Crippen molar-refractivity contribution in [3.63, 3.8) is 0 Å². The highest BCUT2D eigenvalue weighted by Gasteiger charge is 2.43. The lowest BCUT2D eigenvalue weighted by Crippen LogP contribution is -2.32. The van der Waals surface area contributed by atoms with Crippen LogP contribution in [0.15, 0.2) is 12.1 Å². The van der Waals surface area contributed by atoms with Gasteiger partial charge in [-0.3, -0.25) is 0 Å². The maximum atomic E-state index is 14.1. The Labute approximate surface area is 130 Å². The summed E-state index contributed by atoms with van der Waals surface area (Å²) in [6.07, 6.45) is -4.35. The molecule has 0 bridgehead atoms. The standard InChI is InChI=1S/C14H15FN2O4S/c1-5-2-8(15)6-3-7(14(22)17-13(6)16-5)12-11(20)10(19)9(4-18)21-12/h2-3,9-12,18-20H,4H2,1H3,(H,16,17,22)/t9-,10?,11?,12+/m1/s1. The van der Waals surface area contributed by atoms with Crippen LogP contribution in [0.4, 0.5) is 4.39 Å². The number of aromatic nitrogens is 2. The van der Waals surface area contributed by atoms with Crippen LogP contribution >= 0.6 is 12.2 Å². The summed E-state index contributed by atoms with van der Waals surface area (Å²) in [5.41, 5.74) is 1.16. The van der Waals surface area contributed by atoms with Gasteiger partial charge in [-0.25, -0.2) is 9.37 Å². The average Bonchev–Trinajstić information content (AvgIpc) is 2.74. The van der Waals surface area contributed by atoms with Crippen molar-refractivity contribution in [2.24, 2.45) is 0 Å². The van der Waals surface area contributed by atoms with Gasteiger partial charge in [0.25, 0.3) is 0 Å². The minimum atomic E-state index is -1.26. The number of hydrogen-bond acceptors (Lipinski definition) is 6. The molecule has 0 amide bonds. The molecule has 3 heterocycles. The van der Waals surface area contributed by atoms with E-state index in [1.807, 2.05) is 0 Å². The van der Waals surface area contributed by atoms with Gasteiger partial charge in [0.2, 0.25) is 0 Å². The summed E-state index contributed by atoms with van der Waals surface area (Å²) < 4.78 is 19.7. The Kier molecular flexibility index (Phi) is 3.96. The van der Waals surface area contributed by atoms with Crippen LogP contribution in [0.3, 0.4) is 0 Å². The van der Waals surface area contributed by atoms with Gasteiger partial charge < -0.3 is 25.0 Å². The van der Waals surface area contributed by atoms with Crippen molar-refractivity contribution in [3.05, 3.63) is 33.8 Å². The average molecular weight is 326 g/mol. The van der Waals surface area contributed by atoms with Crippen molar-refractivity contribution >= 4 is 23.3 Å². The summed E-state index contributed by atoms with van der Waals surface area (Å²) in [4.78, 5) is 6.99. The number of aryl methyl sites for hydroxylation is 1. The SMILES string of the molecule is Cc1cc(F)c2cc([C@@H]3O[C@H](CO)C(O)C3O)c(=S)[nH]c2n1. The number of pyridine rings is 2. The Bertz CT molecular complexity index is 781. The van der Waals surface area contributed by atoms with Gasteiger partial charge in [-0.1, -0.05) is 12.2 Å². The number of aromatic amines is 1. The lowest BCUT2D eigenvalue weighted by molar-refractivity contribution is -0.0229. The van der Waals surface area contributed by atoms with Gasteiger partial charge in [0.15, 0.2) is 0 Å². The molecule has 2 aromatic heterocycles. The zero-order valence-corrected chi connectivity index (χ0v) is 12.5. The quantitative estimate of drug-likeness (QED) is 0.612. The van der Waals surface area contributed by atoms with Crippen molar-refractivity contribution in [3.8, 4) is 0 Å². The molecular formula is C14H15FN2O4S. The zero-order chi connectivity index (χ0) is 16.0. The van der Waals surface area contributed by atoms with Crippen molar-refractivity contribution in [2.45, 2.75) is 31.3 Å². The van der Waals surface area contributed by atoms with E-state index in [4.69, 9.17) is 22.1 Å². The summed E-state index contributed by atoms with van der Waals surface area (Å²) in [6.45, 7) is 1.23. The van der Waals surface area contributed by atoms with E-state index in [0.717, 1.165) is 0 Å². The number of hydrogen-bond donors (Lipinski definition) is 4. The maximum Gasteiger partial charge on any atom is 0.141 e. The van der Waals surface area contributed by atoms with Gasteiger partial charge >= 0.3 is 0 Å². The minimum Gasteiger partial charge on any atom is -0.394 e. The predicted molar refractivity (Wildman–Crippen MR) is 78.3 cm³/mol. The normalized spacial score (nSPS) is 28.4. The molecule has 22 heavy (non-hydrogen) atoms. The highest BCUT2D eigenvalue weighted by molar-refractivity contribution is 7.71. The third kappa shape index (κ3) is 2.42. The largest absolute Gasteiger partial charge is 0.394 e. The molecule has 1 aliphatic heterocycles. The first kappa shape index (κ1) is 15.4. The number of nitrogens with zero attached hydrogens (tertiary/aromatic N) is 1. The molecule has 2 unspecified atom stereocenters. The van der Waals surface area contributed by atoms with E-state index in [0.29, 0.717) is 16.9 Å². The summed E-state index contributed by atoms with van der Waals surface area (Å²) >= 11 is 5.22. The molecule has 4 atom stereocenters. The van der Waals surface area contributed by atoms with E-state index < -0.39 is 36.8 Å². The van der Waals surface area contributed by atoms with Crippen molar-refractivity contribution in [2.75, 3.05) is 6.61 Å². The molecule has 1 saturated heterocycles. The van der Waals surface area contributed by atoms with Crippen molar-refractivity contribution in [1.82, 2.24) is 9.97 Å². The van der Waals surface area contributed by atoms with Crippen LogP contribution in [0.2, 0.25) is 0 Å². The molecule has 3 rings (SSSR count). The van der Waals surface area contributed by atoms with Gasteiger partial charge in [-0.15, -0.1) is 0 Å². The fraction of sp³-hybridized carbons (Fsp3) is 0.429. The van der Waals surface area contributed by atoms with Crippen LogP contribution in [-0.2, 0) is 4.74 Å². The molecule has 8 heteroatoms. The van der Waals surface area contributed by atoms with Crippen LogP contribution in [0.1, 0.15) is 17.4 Å². The van der Waals surface area contributed by atoms with E-state index >= 15 is 0 Å². The molecule has 0 aliphatic carbocycles. The third-order valence-electron chi connectivity index (χ3n) is 3.78. The Morgan fingerprint density at radius 3 is 2.73 bits per heavy atom. The molecule has 0 saturated carbocycles. The first-order valence-corrected chi connectivity index (χ1v) is 7.15. The first-order valence-electron chi connectivity index (χ1n) is 6.75. The van der Waals surface area contributed by atoms with Gasteiger partial charge in [0, 0.05) is 11.3 Å². The topological polar surface area (TPSA) is 98.6 Å². The second-order valence-corrected chi connectivity index (χ2v) is 5.73. The number of nitrogens with one attached hydrogen (secondary N) is 1. The molecule has 0 radical (unpaired) electrons. The minimum absolute atomic E-state index is 0.215. The molecule has 6 nitrogen and oxygen atoms in total. The zero-order valence-electron chi connectivity index (χ0n) is 11.7. The number of fused-ring (bicyclic) bond motifs is 1. The molecule has 2 aromatic rings. The number of ether oxygens (including phenoxy) is 1. The summed E-state index contributed by atoms with van der Waals surface area (Å²) in [7, 11) is 0. The van der Waals surface area contributed by atoms with E-state index in [1.165, 1.54) is 12.1 Å². The Hall–Kier alpha value is -1.45. The first-order chi connectivity index (χ1) is 10.4. The van der Waals surface area contributed by atoms with Gasteiger partial charge in [-0.2, -0.15) is 0 Å². The fourth-order valence-electron chi connectivity index (χ4n) is 2.64. The molecule has 0 spiro atoms. The summed E-state index contributed by atoms with van der Waals surface area (Å²) in [6, 6.07) is 2.75. The monoisotopic (exact) mass is 326 g/mol.